The number of nitrogens with one attached hydrogen (secondary N) is 2. The van der Waals surface area contributed by atoms with Crippen molar-refractivity contribution in [2.75, 3.05) is 12.4 Å². The number of anilines is 1. The van der Waals surface area contributed by atoms with Crippen molar-refractivity contribution < 1.29 is 9.53 Å². The number of aromatic nitrogens is 3. The molecule has 2 rings (SSSR count). The molecule has 2 heterocycles. The minimum atomic E-state index is -0.367. The first-order valence-corrected chi connectivity index (χ1v) is 5.37. The van der Waals surface area contributed by atoms with Crippen LogP contribution in [0.1, 0.15) is 15.2 Å². The molecule has 0 fully saturated rings. The first-order chi connectivity index (χ1) is 7.79. The fourth-order valence-electron chi connectivity index (χ4n) is 1.10. The Morgan fingerprint density at radius 2 is 2.50 bits per heavy atom. The molecule has 0 amide bonds. The van der Waals surface area contributed by atoms with Crippen LogP contribution in [0.15, 0.2) is 18.6 Å². The summed E-state index contributed by atoms with van der Waals surface area (Å²) in [5.41, 5.74) is 1.02. The molecule has 16 heavy (non-hydrogen) atoms. The number of H-pyrrole nitrogens is 1. The van der Waals surface area contributed by atoms with Crippen molar-refractivity contribution in [3.63, 3.8) is 0 Å². The molecule has 2 aromatic rings. The Kier molecular flexibility index (Phi) is 3.16. The van der Waals surface area contributed by atoms with Crippen LogP contribution < -0.4 is 5.32 Å². The minimum absolute atomic E-state index is 0.367. The van der Waals surface area contributed by atoms with Gasteiger partial charge in [-0.1, -0.05) is 11.3 Å². The molecule has 6 nitrogen and oxygen atoms in total. The topological polar surface area (TPSA) is 79.9 Å². The van der Waals surface area contributed by atoms with E-state index in [1.807, 2.05) is 0 Å². The molecule has 0 saturated heterocycles. The lowest BCUT2D eigenvalue weighted by atomic mass is 10.4. The number of hydrogen-bond acceptors (Lipinski definition) is 6. The summed E-state index contributed by atoms with van der Waals surface area (Å²) in [5.74, 6) is -0.367. The standard InChI is InChI=1S/C9H10N4O2S/c1-15-8(14)7-5-11-9(16-7)10-2-6-3-12-13-4-6/h3-5H,2H2,1H3,(H,10,11)(H,12,13). The van der Waals surface area contributed by atoms with E-state index >= 15 is 0 Å². The van der Waals surface area contributed by atoms with Gasteiger partial charge in [-0.3, -0.25) is 5.10 Å². The second-order valence-electron chi connectivity index (χ2n) is 2.98. The number of thiazole rings is 1. The number of hydrogen-bond donors (Lipinski definition) is 2. The van der Waals surface area contributed by atoms with Crippen LogP contribution in [0, 0.1) is 0 Å². The largest absolute Gasteiger partial charge is 0.465 e. The average molecular weight is 238 g/mol. The Bertz CT molecular complexity index is 466. The molecule has 0 aromatic carbocycles. The summed E-state index contributed by atoms with van der Waals surface area (Å²) in [6.07, 6.45) is 5.01. The lowest BCUT2D eigenvalue weighted by molar-refractivity contribution is 0.0606. The Morgan fingerprint density at radius 3 is 3.19 bits per heavy atom. The number of aromatic amines is 1. The van der Waals surface area contributed by atoms with E-state index < -0.39 is 0 Å². The first kappa shape index (κ1) is 10.6. The van der Waals surface area contributed by atoms with Crippen LogP contribution in [-0.4, -0.2) is 28.3 Å². The predicted octanol–water partition coefficient (Wildman–Crippen LogP) is 1.26. The normalized spacial score (nSPS) is 10.1. The van der Waals surface area contributed by atoms with Gasteiger partial charge in [0.2, 0.25) is 0 Å². The van der Waals surface area contributed by atoms with Gasteiger partial charge in [-0.25, -0.2) is 9.78 Å². The highest BCUT2D eigenvalue weighted by molar-refractivity contribution is 7.17. The highest BCUT2D eigenvalue weighted by Crippen LogP contribution is 2.19. The van der Waals surface area contributed by atoms with Crippen molar-refractivity contribution in [3.05, 3.63) is 29.0 Å². The highest BCUT2D eigenvalue weighted by Gasteiger charge is 2.09. The SMILES string of the molecule is COC(=O)c1cnc(NCc2cn[nH]c2)s1. The highest BCUT2D eigenvalue weighted by atomic mass is 32.1. The molecule has 0 aliphatic heterocycles. The van der Waals surface area contributed by atoms with Crippen LogP contribution >= 0.6 is 11.3 Å². The maximum absolute atomic E-state index is 11.2. The van der Waals surface area contributed by atoms with E-state index in [0.717, 1.165) is 5.56 Å². The van der Waals surface area contributed by atoms with E-state index in [9.17, 15) is 4.79 Å². The molecule has 0 atom stereocenters. The number of esters is 1. The summed E-state index contributed by atoms with van der Waals surface area (Å²) >= 11 is 1.26. The maximum atomic E-state index is 11.2. The van der Waals surface area contributed by atoms with Gasteiger partial charge in [-0.05, 0) is 0 Å². The zero-order valence-electron chi connectivity index (χ0n) is 8.56. The molecular formula is C9H10N4O2S. The molecule has 0 bridgehead atoms. The van der Waals surface area contributed by atoms with Crippen molar-refractivity contribution in [1.29, 1.82) is 0 Å². The smallest absolute Gasteiger partial charge is 0.349 e. The van der Waals surface area contributed by atoms with Gasteiger partial charge in [0, 0.05) is 18.3 Å². The van der Waals surface area contributed by atoms with Crippen molar-refractivity contribution in [2.45, 2.75) is 6.54 Å². The summed E-state index contributed by atoms with van der Waals surface area (Å²) in [6.45, 7) is 0.616. The van der Waals surface area contributed by atoms with Gasteiger partial charge in [0.1, 0.15) is 4.88 Å². The summed E-state index contributed by atoms with van der Waals surface area (Å²) in [5, 5.41) is 10.3. The van der Waals surface area contributed by atoms with Crippen molar-refractivity contribution in [2.24, 2.45) is 0 Å². The Labute approximate surface area is 95.7 Å². The molecule has 0 radical (unpaired) electrons. The third-order valence-corrected chi connectivity index (χ3v) is 2.83. The van der Waals surface area contributed by atoms with E-state index in [2.05, 4.69) is 25.2 Å². The molecule has 0 aliphatic rings. The third kappa shape index (κ3) is 2.37. The third-order valence-electron chi connectivity index (χ3n) is 1.89. The molecule has 2 aromatic heterocycles. The van der Waals surface area contributed by atoms with Crippen LogP contribution in [0.25, 0.3) is 0 Å². The molecule has 0 saturated carbocycles. The molecule has 0 spiro atoms. The number of rotatable bonds is 4. The van der Waals surface area contributed by atoms with Crippen LogP contribution in [0.3, 0.4) is 0 Å². The molecule has 0 aliphatic carbocycles. The van der Waals surface area contributed by atoms with E-state index in [1.54, 1.807) is 12.4 Å². The Morgan fingerprint density at radius 1 is 1.62 bits per heavy atom. The van der Waals surface area contributed by atoms with Gasteiger partial charge in [-0.15, -0.1) is 0 Å². The number of carbonyl (C=O) groups is 1. The summed E-state index contributed by atoms with van der Waals surface area (Å²) in [7, 11) is 1.35. The number of nitrogens with zero attached hydrogens (tertiary/aromatic N) is 2. The van der Waals surface area contributed by atoms with E-state index in [-0.39, 0.29) is 5.97 Å². The molecular weight excluding hydrogens is 228 g/mol. The van der Waals surface area contributed by atoms with E-state index in [1.165, 1.54) is 24.6 Å². The van der Waals surface area contributed by atoms with Gasteiger partial charge in [0.05, 0.1) is 19.5 Å². The van der Waals surface area contributed by atoms with Gasteiger partial charge in [0.25, 0.3) is 0 Å². The molecule has 7 heteroatoms. The number of ether oxygens (including phenoxy) is 1. The average Bonchev–Trinajstić information content (AvgIpc) is 2.96. The summed E-state index contributed by atoms with van der Waals surface area (Å²) in [6, 6.07) is 0. The fourth-order valence-corrected chi connectivity index (χ4v) is 1.83. The quantitative estimate of drug-likeness (QED) is 0.784. The Balaban J connectivity index is 1.95. The van der Waals surface area contributed by atoms with Crippen molar-refractivity contribution >= 4 is 22.4 Å². The van der Waals surface area contributed by atoms with Crippen LogP contribution in [0.4, 0.5) is 5.13 Å². The van der Waals surface area contributed by atoms with Crippen molar-refractivity contribution in [1.82, 2.24) is 15.2 Å². The minimum Gasteiger partial charge on any atom is -0.465 e. The monoisotopic (exact) mass is 238 g/mol. The summed E-state index contributed by atoms with van der Waals surface area (Å²) < 4.78 is 4.59. The maximum Gasteiger partial charge on any atom is 0.349 e. The van der Waals surface area contributed by atoms with Gasteiger partial charge in [0.15, 0.2) is 5.13 Å². The molecule has 2 N–H and O–H groups in total. The zero-order chi connectivity index (χ0) is 11.4. The molecule has 84 valence electrons. The zero-order valence-corrected chi connectivity index (χ0v) is 9.37. The Hall–Kier alpha value is -1.89. The summed E-state index contributed by atoms with van der Waals surface area (Å²) in [4.78, 5) is 15.7. The molecule has 0 unspecified atom stereocenters. The first-order valence-electron chi connectivity index (χ1n) is 4.55. The second-order valence-corrected chi connectivity index (χ2v) is 4.01. The van der Waals surface area contributed by atoms with Gasteiger partial charge < -0.3 is 10.1 Å². The van der Waals surface area contributed by atoms with Crippen LogP contribution in [0.2, 0.25) is 0 Å². The van der Waals surface area contributed by atoms with E-state index in [0.29, 0.717) is 16.6 Å². The van der Waals surface area contributed by atoms with Crippen LogP contribution in [-0.2, 0) is 11.3 Å². The van der Waals surface area contributed by atoms with Crippen molar-refractivity contribution in [3.8, 4) is 0 Å². The fraction of sp³-hybridized carbons (Fsp3) is 0.222. The predicted molar refractivity (Wildman–Crippen MR) is 59.4 cm³/mol. The lowest BCUT2D eigenvalue weighted by Gasteiger charge is -1.97. The lowest BCUT2D eigenvalue weighted by Crippen LogP contribution is -1.97. The van der Waals surface area contributed by atoms with Crippen LogP contribution in [0.5, 0.6) is 0 Å². The van der Waals surface area contributed by atoms with Gasteiger partial charge in [-0.2, -0.15) is 5.10 Å². The van der Waals surface area contributed by atoms with Gasteiger partial charge >= 0.3 is 5.97 Å². The number of carbonyl (C=O) groups excluding carboxylic acids is 1. The number of methoxy groups -OCH3 is 1. The van der Waals surface area contributed by atoms with E-state index in [4.69, 9.17) is 0 Å². The second kappa shape index (κ2) is 4.75.